The zero-order valence-corrected chi connectivity index (χ0v) is 10.6. The van der Waals surface area contributed by atoms with Crippen LogP contribution in [0, 0.1) is 5.41 Å². The number of urea groups is 1. The molecule has 6 heteroatoms. The van der Waals surface area contributed by atoms with E-state index in [1.54, 1.807) is 11.9 Å². The Hall–Kier alpha value is -1.30. The van der Waals surface area contributed by atoms with Crippen LogP contribution >= 0.6 is 0 Å². The summed E-state index contributed by atoms with van der Waals surface area (Å²) in [6.45, 7) is 1.59. The van der Waals surface area contributed by atoms with Gasteiger partial charge in [-0.15, -0.1) is 0 Å². The second kappa shape index (κ2) is 5.14. The van der Waals surface area contributed by atoms with Crippen molar-refractivity contribution in [2.45, 2.75) is 31.7 Å². The SMILES string of the molecule is CN(C(=O)NCC1(C(=O)O)CC1)C1CCOCC1. The number of hydrogen-bond acceptors (Lipinski definition) is 3. The summed E-state index contributed by atoms with van der Waals surface area (Å²) in [6.07, 6.45) is 3.00. The van der Waals surface area contributed by atoms with Crippen molar-refractivity contribution in [2.24, 2.45) is 5.41 Å². The molecule has 18 heavy (non-hydrogen) atoms. The summed E-state index contributed by atoms with van der Waals surface area (Å²) in [4.78, 5) is 24.6. The summed E-state index contributed by atoms with van der Waals surface area (Å²) in [7, 11) is 1.76. The van der Waals surface area contributed by atoms with E-state index in [-0.39, 0.29) is 18.6 Å². The van der Waals surface area contributed by atoms with Crippen molar-refractivity contribution < 1.29 is 19.4 Å². The van der Waals surface area contributed by atoms with Gasteiger partial charge in [0.25, 0.3) is 0 Å². The second-order valence-electron chi connectivity index (χ2n) is 5.20. The fraction of sp³-hybridized carbons (Fsp3) is 0.833. The molecule has 2 aliphatic rings. The largest absolute Gasteiger partial charge is 0.481 e. The molecule has 1 saturated carbocycles. The Morgan fingerprint density at radius 3 is 2.50 bits per heavy atom. The zero-order chi connectivity index (χ0) is 13.2. The highest BCUT2D eigenvalue weighted by Crippen LogP contribution is 2.45. The van der Waals surface area contributed by atoms with Crippen molar-refractivity contribution in [1.29, 1.82) is 0 Å². The molecule has 2 fully saturated rings. The number of nitrogens with zero attached hydrogens (tertiary/aromatic N) is 1. The number of carboxylic acids is 1. The maximum atomic E-state index is 11.9. The van der Waals surface area contributed by atoms with E-state index < -0.39 is 11.4 Å². The molecule has 6 nitrogen and oxygen atoms in total. The Labute approximate surface area is 106 Å². The number of carbonyl (C=O) groups excluding carboxylic acids is 1. The topological polar surface area (TPSA) is 78.9 Å². The van der Waals surface area contributed by atoms with Crippen LogP contribution in [-0.2, 0) is 9.53 Å². The molecule has 1 aliphatic heterocycles. The van der Waals surface area contributed by atoms with Crippen molar-refractivity contribution in [3.63, 3.8) is 0 Å². The third kappa shape index (κ3) is 2.75. The van der Waals surface area contributed by atoms with Gasteiger partial charge in [-0.05, 0) is 25.7 Å². The summed E-state index contributed by atoms with van der Waals surface area (Å²) < 4.78 is 5.25. The van der Waals surface area contributed by atoms with Crippen LogP contribution < -0.4 is 5.32 Å². The van der Waals surface area contributed by atoms with Gasteiger partial charge >= 0.3 is 12.0 Å². The lowest BCUT2D eigenvalue weighted by atomic mass is 10.1. The Morgan fingerprint density at radius 1 is 1.39 bits per heavy atom. The summed E-state index contributed by atoms with van der Waals surface area (Å²) in [5.74, 6) is -0.809. The minimum Gasteiger partial charge on any atom is -0.481 e. The lowest BCUT2D eigenvalue weighted by Gasteiger charge is -2.31. The fourth-order valence-electron chi connectivity index (χ4n) is 2.22. The summed E-state index contributed by atoms with van der Waals surface area (Å²) >= 11 is 0. The number of aliphatic carboxylic acids is 1. The third-order valence-electron chi connectivity index (χ3n) is 3.94. The Morgan fingerprint density at radius 2 is 2.00 bits per heavy atom. The molecule has 0 aromatic heterocycles. The average Bonchev–Trinajstić information content (AvgIpc) is 3.17. The number of carbonyl (C=O) groups is 2. The second-order valence-corrected chi connectivity index (χ2v) is 5.20. The predicted octanol–water partition coefficient (Wildman–Crippen LogP) is 0.672. The van der Waals surface area contributed by atoms with Gasteiger partial charge in [-0.1, -0.05) is 0 Å². The first-order valence-electron chi connectivity index (χ1n) is 6.37. The van der Waals surface area contributed by atoms with E-state index in [0.717, 1.165) is 12.8 Å². The first-order chi connectivity index (χ1) is 8.55. The predicted molar refractivity (Wildman–Crippen MR) is 64.3 cm³/mol. The molecule has 2 N–H and O–H groups in total. The molecular weight excluding hydrogens is 236 g/mol. The van der Waals surface area contributed by atoms with Crippen molar-refractivity contribution >= 4 is 12.0 Å². The van der Waals surface area contributed by atoms with Gasteiger partial charge < -0.3 is 20.1 Å². The van der Waals surface area contributed by atoms with E-state index in [0.29, 0.717) is 26.1 Å². The van der Waals surface area contributed by atoms with Gasteiger partial charge in [0.2, 0.25) is 0 Å². The van der Waals surface area contributed by atoms with Crippen LogP contribution in [-0.4, -0.2) is 54.9 Å². The normalized spacial score (nSPS) is 22.3. The average molecular weight is 256 g/mol. The van der Waals surface area contributed by atoms with Crippen molar-refractivity contribution in [1.82, 2.24) is 10.2 Å². The lowest BCUT2D eigenvalue weighted by Crippen LogP contribution is -2.47. The number of rotatable bonds is 4. The highest BCUT2D eigenvalue weighted by Gasteiger charge is 2.50. The maximum Gasteiger partial charge on any atom is 0.317 e. The minimum atomic E-state index is -0.809. The van der Waals surface area contributed by atoms with Gasteiger partial charge in [0.15, 0.2) is 0 Å². The van der Waals surface area contributed by atoms with E-state index in [1.807, 2.05) is 0 Å². The number of ether oxygens (including phenoxy) is 1. The standard InChI is InChI=1S/C12H20N2O4/c1-14(9-2-6-18-7-3-9)11(17)13-8-12(4-5-12)10(15)16/h9H,2-8H2,1H3,(H,13,17)(H,15,16). The van der Waals surface area contributed by atoms with Gasteiger partial charge in [0.1, 0.15) is 0 Å². The van der Waals surface area contributed by atoms with Crippen LogP contribution in [0.3, 0.4) is 0 Å². The third-order valence-corrected chi connectivity index (χ3v) is 3.94. The van der Waals surface area contributed by atoms with Crippen LogP contribution in [0.2, 0.25) is 0 Å². The summed E-state index contributed by atoms with van der Waals surface area (Å²) in [5.41, 5.74) is -0.702. The highest BCUT2D eigenvalue weighted by molar-refractivity contribution is 5.80. The summed E-state index contributed by atoms with van der Waals surface area (Å²) in [6, 6.07) is 0.00755. The van der Waals surface area contributed by atoms with Crippen molar-refractivity contribution in [3.8, 4) is 0 Å². The van der Waals surface area contributed by atoms with Crippen molar-refractivity contribution in [3.05, 3.63) is 0 Å². The Kier molecular flexibility index (Phi) is 3.75. The molecule has 0 bridgehead atoms. The molecule has 0 spiro atoms. The molecular formula is C12H20N2O4. The van der Waals surface area contributed by atoms with E-state index in [2.05, 4.69) is 5.32 Å². The van der Waals surface area contributed by atoms with E-state index >= 15 is 0 Å². The number of nitrogens with one attached hydrogen (secondary N) is 1. The number of amides is 2. The molecule has 0 unspecified atom stereocenters. The van der Waals surface area contributed by atoms with Crippen LogP contribution in [0.25, 0.3) is 0 Å². The molecule has 2 amide bonds. The van der Waals surface area contributed by atoms with Gasteiger partial charge in [0.05, 0.1) is 5.41 Å². The van der Waals surface area contributed by atoms with Gasteiger partial charge in [-0.3, -0.25) is 4.79 Å². The first kappa shape index (κ1) is 13.1. The molecule has 0 atom stereocenters. The lowest BCUT2D eigenvalue weighted by molar-refractivity contribution is -0.143. The molecule has 1 aliphatic carbocycles. The molecule has 0 aromatic carbocycles. The van der Waals surface area contributed by atoms with Crippen LogP contribution in [0.4, 0.5) is 4.79 Å². The number of hydrogen-bond donors (Lipinski definition) is 2. The van der Waals surface area contributed by atoms with Crippen molar-refractivity contribution in [2.75, 3.05) is 26.8 Å². The molecule has 1 heterocycles. The fourth-order valence-corrected chi connectivity index (χ4v) is 2.22. The molecule has 1 saturated heterocycles. The Bertz CT molecular complexity index is 335. The van der Waals surface area contributed by atoms with Crippen LogP contribution in [0.1, 0.15) is 25.7 Å². The van der Waals surface area contributed by atoms with Crippen LogP contribution in [0.5, 0.6) is 0 Å². The summed E-state index contributed by atoms with van der Waals surface area (Å²) in [5, 5.41) is 11.8. The van der Waals surface area contributed by atoms with E-state index in [1.165, 1.54) is 0 Å². The van der Waals surface area contributed by atoms with Gasteiger partial charge in [0, 0.05) is 32.8 Å². The van der Waals surface area contributed by atoms with E-state index in [9.17, 15) is 9.59 Å². The quantitative estimate of drug-likeness (QED) is 0.775. The van der Waals surface area contributed by atoms with Gasteiger partial charge in [-0.2, -0.15) is 0 Å². The van der Waals surface area contributed by atoms with E-state index in [4.69, 9.17) is 9.84 Å². The molecule has 2 rings (SSSR count). The zero-order valence-electron chi connectivity index (χ0n) is 10.6. The molecule has 0 radical (unpaired) electrons. The van der Waals surface area contributed by atoms with Gasteiger partial charge in [-0.25, -0.2) is 4.79 Å². The highest BCUT2D eigenvalue weighted by atomic mass is 16.5. The van der Waals surface area contributed by atoms with Crippen LogP contribution in [0.15, 0.2) is 0 Å². The monoisotopic (exact) mass is 256 g/mol. The Balaban J connectivity index is 1.78. The molecule has 0 aromatic rings. The smallest absolute Gasteiger partial charge is 0.317 e. The maximum absolute atomic E-state index is 11.9. The molecule has 102 valence electrons. The first-order valence-corrected chi connectivity index (χ1v) is 6.37. The minimum absolute atomic E-state index is 0.186. The number of carboxylic acid groups (broad SMARTS) is 1.